The number of benzene rings is 1. The van der Waals surface area contributed by atoms with Crippen LogP contribution < -0.4 is 5.14 Å². The molecule has 6 nitrogen and oxygen atoms in total. The number of primary sulfonamides is 1. The minimum atomic E-state index is -3.85. The van der Waals surface area contributed by atoms with Crippen molar-refractivity contribution in [3.8, 4) is 0 Å². The minimum Gasteiger partial charge on any atom is -0.301 e. The van der Waals surface area contributed by atoms with Gasteiger partial charge >= 0.3 is 0 Å². The van der Waals surface area contributed by atoms with E-state index in [-0.39, 0.29) is 11.1 Å². The summed E-state index contributed by atoms with van der Waals surface area (Å²) >= 11 is 0. The van der Waals surface area contributed by atoms with Crippen molar-refractivity contribution in [1.29, 1.82) is 0 Å². The number of nitrogens with two attached hydrogens (primary N) is 1. The highest BCUT2D eigenvalue weighted by molar-refractivity contribution is 7.89. The van der Waals surface area contributed by atoms with E-state index in [0.29, 0.717) is 12.4 Å². The van der Waals surface area contributed by atoms with Gasteiger partial charge in [0.1, 0.15) is 5.82 Å². The van der Waals surface area contributed by atoms with E-state index in [0.717, 1.165) is 19.3 Å². The smallest absolute Gasteiger partial charge is 0.273 e. The van der Waals surface area contributed by atoms with Crippen LogP contribution in [0.2, 0.25) is 0 Å². The first-order chi connectivity index (χ1) is 10.0. The van der Waals surface area contributed by atoms with Crippen LogP contribution in [-0.4, -0.2) is 23.2 Å². The number of hydrogen-bond acceptors (Lipinski definition) is 4. The van der Waals surface area contributed by atoms with E-state index >= 15 is 0 Å². The van der Waals surface area contributed by atoms with Crippen LogP contribution in [0.5, 0.6) is 0 Å². The average molecular weight is 306 g/mol. The van der Waals surface area contributed by atoms with Crippen LogP contribution in [0.25, 0.3) is 0 Å². The van der Waals surface area contributed by atoms with Crippen LogP contribution in [0.15, 0.2) is 29.4 Å². The average Bonchev–Trinajstić information content (AvgIpc) is 2.90. The van der Waals surface area contributed by atoms with E-state index in [2.05, 4.69) is 22.3 Å². The molecule has 0 fully saturated rings. The largest absolute Gasteiger partial charge is 0.301 e. The van der Waals surface area contributed by atoms with E-state index in [1.54, 1.807) is 4.57 Å². The van der Waals surface area contributed by atoms with Gasteiger partial charge in [0.15, 0.2) is 0 Å². The molecule has 0 saturated carbocycles. The Hall–Kier alpha value is -1.73. The standard InChI is InChI=1S/C14H18N4O2S/c1-2-18-13(16-17-14(18)21(15,19)20)12-9-5-7-10-6-3-4-8-11(10)12/h3-4,6,8,12H,2,5,7,9H2,1H3,(H2,15,19,20). The summed E-state index contributed by atoms with van der Waals surface area (Å²) in [6, 6.07) is 8.24. The SMILES string of the molecule is CCn1c(C2CCCc3ccccc32)nnc1S(N)(=O)=O. The number of aryl methyl sites for hydroxylation is 1. The van der Waals surface area contributed by atoms with Crippen LogP contribution in [0, 0.1) is 0 Å². The summed E-state index contributed by atoms with van der Waals surface area (Å²) in [5.41, 5.74) is 2.52. The van der Waals surface area contributed by atoms with Crippen molar-refractivity contribution in [1.82, 2.24) is 14.8 Å². The van der Waals surface area contributed by atoms with Gasteiger partial charge in [-0.3, -0.25) is 0 Å². The Labute approximate surface area is 124 Å². The van der Waals surface area contributed by atoms with Crippen LogP contribution in [0.1, 0.15) is 42.6 Å². The summed E-state index contributed by atoms with van der Waals surface area (Å²) in [6.45, 7) is 2.35. The lowest BCUT2D eigenvalue weighted by Crippen LogP contribution is -2.21. The molecular formula is C14H18N4O2S. The molecule has 1 heterocycles. The first-order valence-corrected chi connectivity index (χ1v) is 8.60. The molecule has 0 saturated heterocycles. The molecular weight excluding hydrogens is 288 g/mol. The van der Waals surface area contributed by atoms with Crippen LogP contribution >= 0.6 is 0 Å². The molecule has 0 bridgehead atoms. The number of rotatable bonds is 3. The molecule has 7 heteroatoms. The Balaban J connectivity index is 2.13. The maximum Gasteiger partial charge on any atom is 0.273 e. The Kier molecular flexibility index (Phi) is 3.54. The van der Waals surface area contributed by atoms with E-state index in [4.69, 9.17) is 5.14 Å². The van der Waals surface area contributed by atoms with E-state index in [1.165, 1.54) is 11.1 Å². The Morgan fingerprint density at radius 1 is 1.33 bits per heavy atom. The molecule has 1 aromatic carbocycles. The summed E-state index contributed by atoms with van der Waals surface area (Å²) in [7, 11) is -3.85. The van der Waals surface area contributed by atoms with Gasteiger partial charge in [0.05, 0.1) is 0 Å². The second-order valence-corrected chi connectivity index (χ2v) is 6.73. The topological polar surface area (TPSA) is 90.9 Å². The van der Waals surface area contributed by atoms with Crippen molar-refractivity contribution in [2.45, 2.75) is 43.8 Å². The molecule has 1 aromatic heterocycles. The third kappa shape index (κ3) is 2.47. The maximum absolute atomic E-state index is 11.6. The van der Waals surface area contributed by atoms with Crippen molar-refractivity contribution in [3.05, 3.63) is 41.2 Å². The van der Waals surface area contributed by atoms with Gasteiger partial charge in [-0.2, -0.15) is 0 Å². The fourth-order valence-corrected chi connectivity index (χ4v) is 3.77. The number of aromatic nitrogens is 3. The number of hydrogen-bond donors (Lipinski definition) is 1. The zero-order chi connectivity index (χ0) is 15.0. The van der Waals surface area contributed by atoms with Crippen molar-refractivity contribution in [3.63, 3.8) is 0 Å². The highest BCUT2D eigenvalue weighted by Gasteiger charge is 2.29. The fraction of sp³-hybridized carbons (Fsp3) is 0.429. The van der Waals surface area contributed by atoms with Crippen molar-refractivity contribution >= 4 is 10.0 Å². The van der Waals surface area contributed by atoms with Gasteiger partial charge < -0.3 is 4.57 Å². The summed E-state index contributed by atoms with van der Waals surface area (Å²) in [5.74, 6) is 0.770. The highest BCUT2D eigenvalue weighted by Crippen LogP contribution is 2.36. The zero-order valence-electron chi connectivity index (χ0n) is 11.9. The van der Waals surface area contributed by atoms with Gasteiger partial charge in [0.25, 0.3) is 15.2 Å². The number of sulfonamides is 1. The van der Waals surface area contributed by atoms with Crippen LogP contribution in [-0.2, 0) is 23.0 Å². The van der Waals surface area contributed by atoms with Gasteiger partial charge in [-0.1, -0.05) is 24.3 Å². The van der Waals surface area contributed by atoms with E-state index < -0.39 is 10.0 Å². The quantitative estimate of drug-likeness (QED) is 0.928. The van der Waals surface area contributed by atoms with Crippen molar-refractivity contribution < 1.29 is 8.42 Å². The van der Waals surface area contributed by atoms with Gasteiger partial charge in [0.2, 0.25) is 0 Å². The third-order valence-corrected chi connectivity index (χ3v) is 4.81. The van der Waals surface area contributed by atoms with Crippen LogP contribution in [0.3, 0.4) is 0 Å². The number of nitrogens with zero attached hydrogens (tertiary/aromatic N) is 3. The molecule has 1 aliphatic rings. The van der Waals surface area contributed by atoms with Gasteiger partial charge in [0, 0.05) is 12.5 Å². The monoisotopic (exact) mass is 306 g/mol. The normalized spacial score (nSPS) is 18.5. The summed E-state index contributed by atoms with van der Waals surface area (Å²) < 4.78 is 24.8. The summed E-state index contributed by atoms with van der Waals surface area (Å²) in [6.07, 6.45) is 3.05. The molecule has 112 valence electrons. The molecule has 1 aliphatic carbocycles. The van der Waals surface area contributed by atoms with Gasteiger partial charge in [-0.25, -0.2) is 13.6 Å². The zero-order valence-corrected chi connectivity index (χ0v) is 12.7. The highest BCUT2D eigenvalue weighted by atomic mass is 32.2. The van der Waals surface area contributed by atoms with Gasteiger partial charge in [-0.05, 0) is 37.3 Å². The molecule has 0 radical (unpaired) electrons. The lowest BCUT2D eigenvalue weighted by molar-refractivity contribution is 0.532. The summed E-state index contributed by atoms with van der Waals surface area (Å²) in [4.78, 5) is 0. The summed E-state index contributed by atoms with van der Waals surface area (Å²) in [5, 5.41) is 13.0. The first-order valence-electron chi connectivity index (χ1n) is 7.06. The molecule has 0 amide bonds. The second kappa shape index (κ2) is 5.23. The second-order valence-electron chi connectivity index (χ2n) is 5.27. The molecule has 2 aromatic rings. The van der Waals surface area contributed by atoms with Crippen molar-refractivity contribution in [2.75, 3.05) is 0 Å². The Bertz CT molecular complexity index is 767. The molecule has 2 N–H and O–H groups in total. The van der Waals surface area contributed by atoms with Crippen molar-refractivity contribution in [2.24, 2.45) is 5.14 Å². The van der Waals surface area contributed by atoms with E-state index in [1.807, 2.05) is 19.1 Å². The Morgan fingerprint density at radius 3 is 2.81 bits per heavy atom. The number of fused-ring (bicyclic) bond motifs is 1. The molecule has 21 heavy (non-hydrogen) atoms. The maximum atomic E-state index is 11.6. The van der Waals surface area contributed by atoms with Gasteiger partial charge in [-0.15, -0.1) is 10.2 Å². The Morgan fingerprint density at radius 2 is 2.10 bits per heavy atom. The predicted octanol–water partition coefficient (Wildman–Crippen LogP) is 1.41. The third-order valence-electron chi connectivity index (χ3n) is 4.00. The molecule has 0 spiro atoms. The van der Waals surface area contributed by atoms with Crippen LogP contribution in [0.4, 0.5) is 0 Å². The molecule has 3 rings (SSSR count). The lowest BCUT2D eigenvalue weighted by Gasteiger charge is -2.25. The minimum absolute atomic E-state index is 0.0814. The lowest BCUT2D eigenvalue weighted by atomic mass is 9.82. The molecule has 0 aliphatic heterocycles. The first kappa shape index (κ1) is 14.2. The fourth-order valence-electron chi connectivity index (χ4n) is 3.09. The molecule has 1 atom stereocenters. The molecule has 1 unspecified atom stereocenters. The van der Waals surface area contributed by atoms with E-state index in [9.17, 15) is 8.42 Å². The predicted molar refractivity (Wildman–Crippen MR) is 78.3 cm³/mol.